The van der Waals surface area contributed by atoms with Crippen molar-refractivity contribution in [1.29, 1.82) is 0 Å². The highest BCUT2D eigenvalue weighted by molar-refractivity contribution is 7.98. The second-order valence-electron chi connectivity index (χ2n) is 3.96. The summed E-state index contributed by atoms with van der Waals surface area (Å²) in [6, 6.07) is 6.28. The van der Waals surface area contributed by atoms with Gasteiger partial charge < -0.3 is 4.74 Å². The van der Waals surface area contributed by atoms with Gasteiger partial charge in [-0.15, -0.1) is 10.2 Å². The highest BCUT2D eigenvalue weighted by atomic mass is 32.2. The van der Waals surface area contributed by atoms with Gasteiger partial charge in [0.05, 0.1) is 18.1 Å². The number of hydrogen-bond acceptors (Lipinski definition) is 6. The Bertz CT molecular complexity index is 597. The monoisotopic (exact) mass is 294 g/mol. The van der Waals surface area contributed by atoms with Crippen LogP contribution in [0.1, 0.15) is 0 Å². The Balaban J connectivity index is 2.36. The van der Waals surface area contributed by atoms with Crippen molar-refractivity contribution in [2.24, 2.45) is 0 Å². The van der Waals surface area contributed by atoms with Gasteiger partial charge >= 0.3 is 0 Å². The first-order valence-corrected chi connectivity index (χ1v) is 7.10. The van der Waals surface area contributed by atoms with Crippen molar-refractivity contribution in [3.8, 4) is 11.4 Å². The van der Waals surface area contributed by atoms with Crippen LogP contribution in [0.4, 0.5) is 5.69 Å². The Morgan fingerprint density at radius 3 is 2.60 bits per heavy atom. The molecule has 0 aliphatic heterocycles. The molecule has 1 aromatic heterocycles. The summed E-state index contributed by atoms with van der Waals surface area (Å²) in [5.74, 6) is 0.682. The van der Waals surface area contributed by atoms with Gasteiger partial charge in [0.1, 0.15) is 0 Å². The lowest BCUT2D eigenvalue weighted by molar-refractivity contribution is -0.384. The summed E-state index contributed by atoms with van der Waals surface area (Å²) >= 11 is 1.49. The molecule has 1 aromatic carbocycles. The lowest BCUT2D eigenvalue weighted by Gasteiger charge is -2.08. The number of non-ortho nitro benzene ring substituents is 1. The molecular formula is C12H14N4O3S. The van der Waals surface area contributed by atoms with Gasteiger partial charge in [0.2, 0.25) is 0 Å². The molecule has 0 aliphatic rings. The Labute approximate surface area is 120 Å². The predicted molar refractivity (Wildman–Crippen MR) is 75.8 cm³/mol. The number of hydrogen-bond donors (Lipinski definition) is 0. The number of thioether (sulfide) groups is 1. The Morgan fingerprint density at radius 1 is 1.35 bits per heavy atom. The molecule has 0 radical (unpaired) electrons. The van der Waals surface area contributed by atoms with Gasteiger partial charge in [-0.1, -0.05) is 11.8 Å². The van der Waals surface area contributed by atoms with E-state index < -0.39 is 4.92 Å². The van der Waals surface area contributed by atoms with Crippen molar-refractivity contribution in [2.75, 3.05) is 20.0 Å². The molecule has 2 aromatic rings. The van der Waals surface area contributed by atoms with Gasteiger partial charge in [-0.3, -0.25) is 14.7 Å². The smallest absolute Gasteiger partial charge is 0.269 e. The van der Waals surface area contributed by atoms with Crippen LogP contribution >= 0.6 is 11.8 Å². The molecule has 2 rings (SSSR count). The zero-order chi connectivity index (χ0) is 14.5. The quantitative estimate of drug-likeness (QED) is 0.461. The third-order valence-electron chi connectivity index (χ3n) is 2.75. The second-order valence-corrected chi connectivity index (χ2v) is 4.73. The minimum atomic E-state index is -0.424. The average molecular weight is 294 g/mol. The predicted octanol–water partition coefficient (Wildman–Crippen LogP) is 2.22. The molecule has 0 saturated heterocycles. The fraction of sp³-hybridized carbons (Fsp3) is 0.333. The fourth-order valence-electron chi connectivity index (χ4n) is 1.77. The van der Waals surface area contributed by atoms with E-state index in [1.54, 1.807) is 19.2 Å². The lowest BCUT2D eigenvalue weighted by atomic mass is 10.2. The van der Waals surface area contributed by atoms with E-state index in [2.05, 4.69) is 10.2 Å². The van der Waals surface area contributed by atoms with Gasteiger partial charge in [-0.2, -0.15) is 0 Å². The molecule has 0 atom stereocenters. The molecule has 0 aliphatic carbocycles. The van der Waals surface area contributed by atoms with E-state index in [4.69, 9.17) is 4.74 Å². The average Bonchev–Trinajstić information content (AvgIpc) is 2.88. The maximum atomic E-state index is 10.7. The highest BCUT2D eigenvalue weighted by Gasteiger charge is 2.14. The van der Waals surface area contributed by atoms with Gasteiger partial charge in [0.25, 0.3) is 5.69 Å². The molecule has 1 heterocycles. The second kappa shape index (κ2) is 6.49. The van der Waals surface area contributed by atoms with E-state index in [1.807, 2.05) is 10.8 Å². The van der Waals surface area contributed by atoms with Crippen molar-refractivity contribution in [1.82, 2.24) is 14.8 Å². The topological polar surface area (TPSA) is 83.1 Å². The van der Waals surface area contributed by atoms with E-state index in [9.17, 15) is 10.1 Å². The normalized spacial score (nSPS) is 10.7. The largest absolute Gasteiger partial charge is 0.383 e. The maximum absolute atomic E-state index is 10.7. The zero-order valence-electron chi connectivity index (χ0n) is 11.1. The number of methoxy groups -OCH3 is 1. The van der Waals surface area contributed by atoms with Crippen LogP contribution in [0.25, 0.3) is 11.4 Å². The minimum absolute atomic E-state index is 0.0572. The number of rotatable bonds is 6. The molecule has 7 nitrogen and oxygen atoms in total. The molecule has 0 bridgehead atoms. The van der Waals surface area contributed by atoms with Crippen molar-refractivity contribution >= 4 is 17.4 Å². The highest BCUT2D eigenvalue weighted by Crippen LogP contribution is 2.24. The van der Waals surface area contributed by atoms with E-state index in [0.29, 0.717) is 19.0 Å². The number of ether oxygens (including phenoxy) is 1. The van der Waals surface area contributed by atoms with Gasteiger partial charge in [0, 0.05) is 24.8 Å². The third kappa shape index (κ3) is 2.97. The third-order valence-corrected chi connectivity index (χ3v) is 3.42. The van der Waals surface area contributed by atoms with Crippen LogP contribution < -0.4 is 0 Å². The molecule has 0 fully saturated rings. The van der Waals surface area contributed by atoms with Crippen molar-refractivity contribution in [3.05, 3.63) is 34.4 Å². The van der Waals surface area contributed by atoms with Crippen LogP contribution in [0.2, 0.25) is 0 Å². The molecule has 0 saturated carbocycles. The van der Waals surface area contributed by atoms with E-state index in [0.717, 1.165) is 10.7 Å². The summed E-state index contributed by atoms with van der Waals surface area (Å²) in [5, 5.41) is 19.7. The minimum Gasteiger partial charge on any atom is -0.383 e. The molecule has 0 amide bonds. The van der Waals surface area contributed by atoms with Crippen LogP contribution in [-0.4, -0.2) is 39.7 Å². The number of nitro groups is 1. The lowest BCUT2D eigenvalue weighted by Crippen LogP contribution is -2.07. The van der Waals surface area contributed by atoms with Gasteiger partial charge in [-0.25, -0.2) is 0 Å². The van der Waals surface area contributed by atoms with E-state index in [1.165, 1.54) is 23.9 Å². The first kappa shape index (κ1) is 14.5. The van der Waals surface area contributed by atoms with Crippen molar-refractivity contribution < 1.29 is 9.66 Å². The SMILES string of the molecule is COCCn1c(SC)nnc1-c1ccc([N+](=O)[O-])cc1. The van der Waals surface area contributed by atoms with Crippen LogP contribution in [0.5, 0.6) is 0 Å². The molecule has 0 spiro atoms. The summed E-state index contributed by atoms with van der Waals surface area (Å²) < 4.78 is 7.02. The Kier molecular flexibility index (Phi) is 4.70. The molecule has 0 N–H and O–H groups in total. The Hall–Kier alpha value is -1.93. The van der Waals surface area contributed by atoms with Crippen LogP contribution in [0.15, 0.2) is 29.4 Å². The first-order chi connectivity index (χ1) is 9.67. The first-order valence-electron chi connectivity index (χ1n) is 5.88. The summed E-state index contributed by atoms with van der Waals surface area (Å²) in [6.45, 7) is 1.18. The van der Waals surface area contributed by atoms with Gasteiger partial charge in [-0.05, 0) is 18.4 Å². The van der Waals surface area contributed by atoms with Crippen molar-refractivity contribution in [3.63, 3.8) is 0 Å². The van der Waals surface area contributed by atoms with E-state index >= 15 is 0 Å². The fourth-order valence-corrected chi connectivity index (χ4v) is 2.29. The molecular weight excluding hydrogens is 280 g/mol. The molecule has 0 unspecified atom stereocenters. The standard InChI is InChI=1S/C12H14N4O3S/c1-19-8-7-15-11(13-14-12(15)20-2)9-3-5-10(6-4-9)16(17)18/h3-6H,7-8H2,1-2H3. The molecule has 20 heavy (non-hydrogen) atoms. The van der Waals surface area contributed by atoms with Crippen LogP contribution in [-0.2, 0) is 11.3 Å². The van der Waals surface area contributed by atoms with E-state index in [-0.39, 0.29) is 5.69 Å². The van der Waals surface area contributed by atoms with Crippen LogP contribution in [0, 0.1) is 10.1 Å². The van der Waals surface area contributed by atoms with Crippen molar-refractivity contribution in [2.45, 2.75) is 11.7 Å². The van der Waals surface area contributed by atoms with Crippen LogP contribution in [0.3, 0.4) is 0 Å². The Morgan fingerprint density at radius 2 is 2.05 bits per heavy atom. The zero-order valence-corrected chi connectivity index (χ0v) is 12.0. The number of aromatic nitrogens is 3. The van der Waals surface area contributed by atoms with Gasteiger partial charge in [0.15, 0.2) is 11.0 Å². The molecule has 8 heteroatoms. The number of benzene rings is 1. The number of nitrogens with zero attached hydrogens (tertiary/aromatic N) is 4. The molecule has 106 valence electrons. The summed E-state index contributed by atoms with van der Waals surface area (Å²) in [7, 11) is 1.63. The summed E-state index contributed by atoms with van der Waals surface area (Å²) in [4.78, 5) is 10.2. The summed E-state index contributed by atoms with van der Waals surface area (Å²) in [5.41, 5.74) is 0.848. The maximum Gasteiger partial charge on any atom is 0.269 e. The number of nitro benzene ring substituents is 1. The summed E-state index contributed by atoms with van der Waals surface area (Å²) in [6.07, 6.45) is 1.92.